The van der Waals surface area contributed by atoms with Crippen molar-refractivity contribution >= 4 is 24.5 Å². The van der Waals surface area contributed by atoms with Crippen LogP contribution < -0.4 is 5.32 Å². The van der Waals surface area contributed by atoms with Gasteiger partial charge in [0, 0.05) is 10.7 Å². The third-order valence-electron chi connectivity index (χ3n) is 2.68. The molecule has 8 heteroatoms. The Bertz CT molecular complexity index is 441. The predicted molar refractivity (Wildman–Crippen MR) is 84.0 cm³/mol. The van der Waals surface area contributed by atoms with Gasteiger partial charge in [0.05, 0.1) is 0 Å². The van der Waals surface area contributed by atoms with Crippen molar-refractivity contribution in [3.05, 3.63) is 10.4 Å². The smallest absolute Gasteiger partial charge is 0.329 e. The molecule has 0 saturated carbocycles. The lowest BCUT2D eigenvalue weighted by Gasteiger charge is -2.29. The van der Waals surface area contributed by atoms with Crippen LogP contribution in [0.2, 0.25) is 0 Å². The molecule has 0 bridgehead atoms. The van der Waals surface area contributed by atoms with E-state index in [2.05, 4.69) is 28.0 Å². The number of rotatable bonds is 6. The third-order valence-corrected chi connectivity index (χ3v) is 3.29. The normalized spacial score (nSPS) is 15.6. The molecular formula is C13H24N4O3S. The number of amides is 1. The molecule has 0 unspecified atom stereocenters. The summed E-state index contributed by atoms with van der Waals surface area (Å²) >= 11 is 4.03. The molecule has 0 radical (unpaired) electrons. The van der Waals surface area contributed by atoms with E-state index >= 15 is 0 Å². The number of nitrogens with zero attached hydrogens (tertiary/aromatic N) is 3. The lowest BCUT2D eigenvalue weighted by molar-refractivity contribution is -0.160. The molecule has 0 rings (SSSR count). The van der Waals surface area contributed by atoms with Gasteiger partial charge >= 0.3 is 5.97 Å². The van der Waals surface area contributed by atoms with Crippen LogP contribution >= 0.6 is 12.6 Å². The molecular weight excluding hydrogens is 292 g/mol. The van der Waals surface area contributed by atoms with E-state index < -0.39 is 29.1 Å². The summed E-state index contributed by atoms with van der Waals surface area (Å²) in [6.07, 6.45) is 0. The highest BCUT2D eigenvalue weighted by Gasteiger charge is 2.36. The minimum absolute atomic E-state index is 0.0298. The van der Waals surface area contributed by atoms with Crippen LogP contribution in [0.15, 0.2) is 5.11 Å². The molecule has 0 fully saturated rings. The van der Waals surface area contributed by atoms with E-state index in [0.29, 0.717) is 0 Å². The summed E-state index contributed by atoms with van der Waals surface area (Å²) < 4.78 is 5.29. The van der Waals surface area contributed by atoms with E-state index in [1.54, 1.807) is 34.6 Å². The molecule has 1 amide bonds. The number of nitrogens with one attached hydrogen (secondary N) is 1. The summed E-state index contributed by atoms with van der Waals surface area (Å²) in [5, 5.41) is 6.05. The van der Waals surface area contributed by atoms with Crippen molar-refractivity contribution in [3.8, 4) is 0 Å². The van der Waals surface area contributed by atoms with Gasteiger partial charge < -0.3 is 10.1 Å². The van der Waals surface area contributed by atoms with Gasteiger partial charge in [-0.05, 0) is 39.1 Å². The van der Waals surface area contributed by atoms with Crippen molar-refractivity contribution in [3.63, 3.8) is 0 Å². The number of carbonyl (C=O) groups excluding carboxylic acids is 2. The van der Waals surface area contributed by atoms with Gasteiger partial charge in [0.15, 0.2) is 0 Å². The minimum atomic E-state index is -1.35. The summed E-state index contributed by atoms with van der Waals surface area (Å²) in [7, 11) is 0. The lowest BCUT2D eigenvalue weighted by atomic mass is 10.0. The Morgan fingerprint density at radius 2 is 1.86 bits per heavy atom. The fraction of sp³-hybridized carbons (Fsp3) is 0.846. The van der Waals surface area contributed by atoms with Crippen LogP contribution in [-0.2, 0) is 14.3 Å². The molecule has 0 saturated heterocycles. The van der Waals surface area contributed by atoms with E-state index in [1.807, 2.05) is 0 Å². The second-order valence-electron chi connectivity index (χ2n) is 6.35. The molecule has 0 aliphatic heterocycles. The first-order chi connectivity index (χ1) is 9.46. The first-order valence-corrected chi connectivity index (χ1v) is 7.31. The standard InChI is InChI=1S/C13H24N4O3S/c1-8(2)9(10(18)20-12(3,4)5)15-11(19)13(6,7-21)16-17-14/h8-9,21H,7H2,1-6H3,(H,15,19)/t9-,13-/m0/s1. The lowest BCUT2D eigenvalue weighted by Crippen LogP contribution is -2.54. The van der Waals surface area contributed by atoms with Crippen molar-refractivity contribution in [1.82, 2.24) is 5.32 Å². The highest BCUT2D eigenvalue weighted by Crippen LogP contribution is 2.16. The van der Waals surface area contributed by atoms with Gasteiger partial charge in [-0.1, -0.05) is 19.0 Å². The molecule has 0 aromatic heterocycles. The average molecular weight is 316 g/mol. The Labute approximate surface area is 130 Å². The number of ether oxygens (including phenoxy) is 1. The molecule has 120 valence electrons. The zero-order valence-corrected chi connectivity index (χ0v) is 14.3. The molecule has 0 aliphatic carbocycles. The Morgan fingerprint density at radius 3 is 2.19 bits per heavy atom. The van der Waals surface area contributed by atoms with E-state index in [4.69, 9.17) is 10.3 Å². The van der Waals surface area contributed by atoms with E-state index in [1.165, 1.54) is 6.92 Å². The fourth-order valence-electron chi connectivity index (χ4n) is 1.41. The zero-order chi connectivity index (χ0) is 16.8. The van der Waals surface area contributed by atoms with E-state index in [-0.39, 0.29) is 11.7 Å². The van der Waals surface area contributed by atoms with Crippen LogP contribution in [0.4, 0.5) is 0 Å². The summed E-state index contributed by atoms with van der Waals surface area (Å²) in [5.74, 6) is -1.21. The fourth-order valence-corrected chi connectivity index (χ4v) is 1.61. The molecule has 7 nitrogen and oxygen atoms in total. The predicted octanol–water partition coefficient (Wildman–Crippen LogP) is 2.47. The van der Waals surface area contributed by atoms with Crippen molar-refractivity contribution in [2.24, 2.45) is 11.0 Å². The summed E-state index contributed by atoms with van der Waals surface area (Å²) in [6.45, 7) is 10.3. The van der Waals surface area contributed by atoms with Crippen molar-refractivity contribution in [2.45, 2.75) is 58.7 Å². The second-order valence-corrected chi connectivity index (χ2v) is 6.67. The SMILES string of the molecule is CC(C)[C@H](NC(=O)[C@](C)(CS)N=[N+]=[N-])C(=O)OC(C)(C)C. The zero-order valence-electron chi connectivity index (χ0n) is 13.4. The molecule has 0 aromatic carbocycles. The number of hydrogen-bond acceptors (Lipinski definition) is 5. The molecule has 0 aliphatic rings. The Balaban J connectivity index is 5.14. The molecule has 0 aromatic rings. The van der Waals surface area contributed by atoms with E-state index in [0.717, 1.165) is 0 Å². The summed E-state index contributed by atoms with van der Waals surface area (Å²) in [6, 6.07) is -0.815. The first kappa shape index (κ1) is 19.6. The summed E-state index contributed by atoms with van der Waals surface area (Å²) in [4.78, 5) is 27.0. The highest BCUT2D eigenvalue weighted by atomic mass is 32.1. The number of hydrogen-bond donors (Lipinski definition) is 2. The highest BCUT2D eigenvalue weighted by molar-refractivity contribution is 7.80. The number of esters is 1. The largest absolute Gasteiger partial charge is 0.458 e. The van der Waals surface area contributed by atoms with Crippen LogP contribution in [0, 0.1) is 5.92 Å². The van der Waals surface area contributed by atoms with Gasteiger partial charge in [0.25, 0.3) is 0 Å². The van der Waals surface area contributed by atoms with Crippen LogP contribution in [0.25, 0.3) is 10.4 Å². The minimum Gasteiger partial charge on any atom is -0.458 e. The average Bonchev–Trinajstić information content (AvgIpc) is 2.32. The molecule has 1 N–H and O–H groups in total. The van der Waals surface area contributed by atoms with Crippen LogP contribution in [0.1, 0.15) is 41.5 Å². The Hall–Kier alpha value is -1.40. The van der Waals surface area contributed by atoms with Crippen molar-refractivity contribution in [1.29, 1.82) is 0 Å². The number of thiol groups is 1. The quantitative estimate of drug-likeness (QED) is 0.258. The molecule has 0 spiro atoms. The maximum absolute atomic E-state index is 12.2. The number of azide groups is 1. The van der Waals surface area contributed by atoms with Gasteiger partial charge in [0.2, 0.25) is 5.91 Å². The van der Waals surface area contributed by atoms with Crippen molar-refractivity contribution in [2.75, 3.05) is 5.75 Å². The maximum atomic E-state index is 12.2. The number of carbonyl (C=O) groups is 2. The van der Waals surface area contributed by atoms with Crippen molar-refractivity contribution < 1.29 is 14.3 Å². The first-order valence-electron chi connectivity index (χ1n) is 6.68. The topological polar surface area (TPSA) is 104 Å². The van der Waals surface area contributed by atoms with Crippen LogP contribution in [0.3, 0.4) is 0 Å². The third kappa shape index (κ3) is 6.27. The van der Waals surface area contributed by atoms with Crippen LogP contribution in [0.5, 0.6) is 0 Å². The van der Waals surface area contributed by atoms with Gasteiger partial charge in [-0.2, -0.15) is 12.6 Å². The second kappa shape index (κ2) is 7.56. The molecule has 0 heterocycles. The van der Waals surface area contributed by atoms with Gasteiger partial charge in [-0.25, -0.2) is 4.79 Å². The molecule has 21 heavy (non-hydrogen) atoms. The van der Waals surface area contributed by atoms with Crippen LogP contribution in [-0.4, -0.2) is 34.8 Å². The van der Waals surface area contributed by atoms with E-state index in [9.17, 15) is 9.59 Å². The Morgan fingerprint density at radius 1 is 1.33 bits per heavy atom. The van der Waals surface area contributed by atoms with Gasteiger partial charge in [-0.3, -0.25) is 4.79 Å². The van der Waals surface area contributed by atoms with Gasteiger partial charge in [0.1, 0.15) is 17.2 Å². The molecule has 2 atom stereocenters. The Kier molecular flexibility index (Phi) is 7.06. The monoisotopic (exact) mass is 316 g/mol. The maximum Gasteiger partial charge on any atom is 0.329 e. The van der Waals surface area contributed by atoms with Gasteiger partial charge in [-0.15, -0.1) is 0 Å². The summed E-state index contributed by atoms with van der Waals surface area (Å²) in [5.41, 5.74) is 6.54.